The molecule has 3 rings (SSSR count). The summed E-state index contributed by atoms with van der Waals surface area (Å²) in [7, 11) is 3.18. The summed E-state index contributed by atoms with van der Waals surface area (Å²) in [5.74, 6) is 1.47. The molecule has 0 saturated carbocycles. The van der Waals surface area contributed by atoms with Crippen LogP contribution in [0.5, 0.6) is 11.5 Å². The van der Waals surface area contributed by atoms with E-state index in [-0.39, 0.29) is 11.9 Å². The predicted molar refractivity (Wildman–Crippen MR) is 104 cm³/mol. The molecule has 0 radical (unpaired) electrons. The van der Waals surface area contributed by atoms with Gasteiger partial charge in [-0.15, -0.1) is 5.10 Å². The number of benzene rings is 1. The number of rotatable bonds is 7. The minimum Gasteiger partial charge on any atom is -0.497 e. The van der Waals surface area contributed by atoms with Gasteiger partial charge in [-0.25, -0.2) is 0 Å². The quantitative estimate of drug-likeness (QED) is 0.552. The number of carbonyl (C=O) groups excluding carboxylic acids is 1. The molecule has 28 heavy (non-hydrogen) atoms. The highest BCUT2D eigenvalue weighted by atomic mass is 32.1. The van der Waals surface area contributed by atoms with Gasteiger partial charge in [-0.3, -0.25) is 4.79 Å². The van der Waals surface area contributed by atoms with Crippen LogP contribution in [-0.2, 0) is 16.2 Å². The molecule has 0 spiro atoms. The Balaban J connectivity index is 1.76. The van der Waals surface area contributed by atoms with Crippen LogP contribution in [0.1, 0.15) is 19.8 Å². The zero-order chi connectivity index (χ0) is 20.1. The summed E-state index contributed by atoms with van der Waals surface area (Å²) < 4.78 is 23.2. The molecule has 1 aliphatic rings. The molecule has 1 saturated heterocycles. The van der Waals surface area contributed by atoms with Gasteiger partial charge in [0.25, 0.3) is 10.7 Å². The second kappa shape index (κ2) is 9.20. The van der Waals surface area contributed by atoms with Crippen molar-refractivity contribution in [2.75, 3.05) is 33.9 Å². The lowest BCUT2D eigenvalue weighted by molar-refractivity contribution is -0.930. The van der Waals surface area contributed by atoms with E-state index < -0.39 is 0 Å². The van der Waals surface area contributed by atoms with E-state index in [0.717, 1.165) is 19.4 Å². The van der Waals surface area contributed by atoms with Crippen molar-refractivity contribution >= 4 is 18.2 Å². The van der Waals surface area contributed by atoms with Crippen LogP contribution in [0.2, 0.25) is 0 Å². The molecule has 1 aromatic heterocycles. The van der Waals surface area contributed by atoms with Crippen molar-refractivity contribution in [1.29, 1.82) is 0 Å². The number of esters is 1. The summed E-state index contributed by atoms with van der Waals surface area (Å²) in [5.41, 5.74) is 0.700. The van der Waals surface area contributed by atoms with Crippen LogP contribution in [0.4, 0.5) is 0 Å². The van der Waals surface area contributed by atoms with Gasteiger partial charge in [0.2, 0.25) is 0 Å². The fraction of sp³-hybridized carbons (Fsp3) is 0.526. The van der Waals surface area contributed by atoms with Crippen molar-refractivity contribution in [2.45, 2.75) is 26.4 Å². The number of nitrogens with one attached hydrogen (secondary N) is 1. The van der Waals surface area contributed by atoms with Crippen LogP contribution in [0.3, 0.4) is 0 Å². The van der Waals surface area contributed by atoms with E-state index in [0.29, 0.717) is 47.6 Å². The number of likely N-dealkylation sites (tertiary alicyclic amines) is 1. The summed E-state index contributed by atoms with van der Waals surface area (Å²) in [5, 5.41) is 4.53. The normalized spacial score (nSPS) is 19.2. The first-order valence-electron chi connectivity index (χ1n) is 9.36. The van der Waals surface area contributed by atoms with Gasteiger partial charge in [0, 0.05) is 6.07 Å². The van der Waals surface area contributed by atoms with Crippen molar-refractivity contribution in [2.24, 2.45) is 5.92 Å². The summed E-state index contributed by atoms with van der Waals surface area (Å²) in [6.45, 7) is 4.43. The molecule has 2 heterocycles. The molecule has 2 aromatic rings. The Hall–Kier alpha value is -2.39. The van der Waals surface area contributed by atoms with Crippen LogP contribution in [-0.4, -0.2) is 49.7 Å². The highest BCUT2D eigenvalue weighted by Gasteiger charge is 2.30. The highest BCUT2D eigenvalue weighted by Crippen LogP contribution is 2.32. The standard InChI is InChI=1S/C19H25N3O5S/c1-4-26-18(23)13-6-5-9-21(11-13)12-22-19(28)27-17(20-22)15-8-7-14(24-2)10-16(15)25-3/h7-8,10,13H,4-6,9,11-12H2,1-3H3/p+1/t13-/m0/s1. The Morgan fingerprint density at radius 1 is 1.39 bits per heavy atom. The third-order valence-electron chi connectivity index (χ3n) is 4.86. The van der Waals surface area contributed by atoms with Gasteiger partial charge >= 0.3 is 5.97 Å². The molecule has 1 aromatic carbocycles. The average molecular weight is 409 g/mol. The van der Waals surface area contributed by atoms with Crippen LogP contribution < -0.4 is 14.4 Å². The number of quaternary nitrogens is 1. The Kier molecular flexibility index (Phi) is 6.69. The molecule has 0 aliphatic carbocycles. The molecular formula is C19H26N3O5S+. The number of hydrogen-bond donors (Lipinski definition) is 1. The molecule has 2 atom stereocenters. The van der Waals surface area contributed by atoms with Crippen molar-refractivity contribution < 1.29 is 28.3 Å². The number of hydrogen-bond acceptors (Lipinski definition) is 7. The molecule has 1 fully saturated rings. The number of nitrogens with zero attached hydrogens (tertiary/aromatic N) is 2. The topological polar surface area (TPSA) is 80.2 Å². The molecule has 1 aliphatic heterocycles. The number of aromatic nitrogens is 2. The first-order valence-corrected chi connectivity index (χ1v) is 9.77. The van der Waals surface area contributed by atoms with Gasteiger partial charge in [-0.05, 0) is 44.1 Å². The predicted octanol–water partition coefficient (Wildman–Crippen LogP) is 1.71. The second-order valence-electron chi connectivity index (χ2n) is 6.69. The lowest BCUT2D eigenvalue weighted by atomic mass is 9.99. The van der Waals surface area contributed by atoms with Crippen LogP contribution in [0.15, 0.2) is 22.6 Å². The van der Waals surface area contributed by atoms with E-state index >= 15 is 0 Å². The van der Waals surface area contributed by atoms with Crippen molar-refractivity contribution in [3.8, 4) is 23.0 Å². The zero-order valence-electron chi connectivity index (χ0n) is 16.4. The smallest absolute Gasteiger partial charge is 0.314 e. The van der Waals surface area contributed by atoms with E-state index in [1.54, 1.807) is 25.0 Å². The van der Waals surface area contributed by atoms with Crippen molar-refractivity contribution in [1.82, 2.24) is 9.78 Å². The Bertz CT molecular complexity index is 879. The van der Waals surface area contributed by atoms with E-state index in [1.165, 1.54) is 4.90 Å². The van der Waals surface area contributed by atoms with Gasteiger partial charge in [0.05, 0.1) is 39.5 Å². The molecule has 1 N–H and O–H groups in total. The van der Waals surface area contributed by atoms with Gasteiger partial charge in [-0.1, -0.05) is 0 Å². The summed E-state index contributed by atoms with van der Waals surface area (Å²) in [6, 6.07) is 5.41. The number of ether oxygens (including phenoxy) is 3. The van der Waals surface area contributed by atoms with E-state index in [9.17, 15) is 4.79 Å². The monoisotopic (exact) mass is 408 g/mol. The van der Waals surface area contributed by atoms with Gasteiger partial charge in [-0.2, -0.15) is 4.68 Å². The first kappa shape index (κ1) is 20.3. The fourth-order valence-corrected chi connectivity index (χ4v) is 3.64. The molecule has 9 heteroatoms. The minimum absolute atomic E-state index is 0.0778. The van der Waals surface area contributed by atoms with Crippen LogP contribution >= 0.6 is 12.2 Å². The number of methoxy groups -OCH3 is 2. The van der Waals surface area contributed by atoms with Crippen LogP contribution in [0.25, 0.3) is 11.5 Å². The fourth-order valence-electron chi connectivity index (χ4n) is 3.46. The number of carbonyl (C=O) groups is 1. The number of piperidine rings is 1. The maximum absolute atomic E-state index is 12.1. The van der Waals surface area contributed by atoms with Crippen molar-refractivity contribution in [3.63, 3.8) is 0 Å². The maximum Gasteiger partial charge on any atom is 0.314 e. The lowest BCUT2D eigenvalue weighted by Gasteiger charge is -2.28. The average Bonchev–Trinajstić information content (AvgIpc) is 3.07. The third kappa shape index (κ3) is 4.53. The molecular weight excluding hydrogens is 382 g/mol. The second-order valence-corrected chi connectivity index (χ2v) is 7.04. The Morgan fingerprint density at radius 2 is 2.21 bits per heavy atom. The molecule has 0 bridgehead atoms. The summed E-state index contributed by atoms with van der Waals surface area (Å²) in [4.78, 5) is 13.6. The first-order chi connectivity index (χ1) is 13.5. The molecule has 1 unspecified atom stereocenters. The molecule has 8 nitrogen and oxygen atoms in total. The van der Waals surface area contributed by atoms with E-state index in [4.69, 9.17) is 30.8 Å². The molecule has 152 valence electrons. The zero-order valence-corrected chi connectivity index (χ0v) is 17.2. The SMILES string of the molecule is CCOC(=O)[C@H]1CCC[NH+](Cn2nc(-c3ccc(OC)cc3OC)oc2=S)C1. The molecule has 0 amide bonds. The van der Waals surface area contributed by atoms with E-state index in [1.807, 2.05) is 19.1 Å². The van der Waals surface area contributed by atoms with Gasteiger partial charge in [0.1, 0.15) is 17.4 Å². The highest BCUT2D eigenvalue weighted by molar-refractivity contribution is 7.71. The lowest BCUT2D eigenvalue weighted by Crippen LogP contribution is -3.13. The minimum atomic E-state index is -0.118. The maximum atomic E-state index is 12.1. The summed E-state index contributed by atoms with van der Waals surface area (Å²) in [6.07, 6.45) is 1.82. The van der Waals surface area contributed by atoms with Gasteiger partial charge in [0.15, 0.2) is 6.67 Å². The van der Waals surface area contributed by atoms with Gasteiger partial charge < -0.3 is 23.5 Å². The van der Waals surface area contributed by atoms with Crippen molar-refractivity contribution in [3.05, 3.63) is 23.0 Å². The third-order valence-corrected chi connectivity index (χ3v) is 5.15. The largest absolute Gasteiger partial charge is 0.497 e. The Labute approximate surface area is 169 Å². The Morgan fingerprint density at radius 3 is 2.93 bits per heavy atom. The summed E-state index contributed by atoms with van der Waals surface area (Å²) >= 11 is 5.36. The van der Waals surface area contributed by atoms with Crippen LogP contribution in [0, 0.1) is 10.8 Å². The van der Waals surface area contributed by atoms with E-state index in [2.05, 4.69) is 5.10 Å².